The van der Waals surface area contributed by atoms with Gasteiger partial charge in [-0.15, -0.1) is 10.2 Å². The van der Waals surface area contributed by atoms with Gasteiger partial charge in [0.2, 0.25) is 0 Å². The highest BCUT2D eigenvalue weighted by atomic mass is 32.2. The number of aliphatic carboxylic acids is 1. The monoisotopic (exact) mass is 277 g/mol. The van der Waals surface area contributed by atoms with Crippen LogP contribution in [-0.2, 0) is 4.79 Å². The molecular formula is C13H15N3O2S. The zero-order valence-electron chi connectivity index (χ0n) is 10.6. The number of carbonyl (C=O) groups is 1. The Hall–Kier alpha value is -1.82. The molecule has 0 radical (unpaired) electrons. The van der Waals surface area contributed by atoms with Gasteiger partial charge in [0, 0.05) is 0 Å². The number of thioether (sulfide) groups is 1. The lowest BCUT2D eigenvalue weighted by atomic mass is 10.0. The van der Waals surface area contributed by atoms with Gasteiger partial charge < -0.3 is 9.67 Å². The lowest BCUT2D eigenvalue weighted by molar-refractivity contribution is -0.133. The molecule has 100 valence electrons. The number of benzene rings is 1. The second-order valence-electron chi connectivity index (χ2n) is 4.04. The first-order chi connectivity index (χ1) is 9.22. The molecule has 0 amide bonds. The average molecular weight is 277 g/mol. The molecule has 0 spiro atoms. The number of aromatic nitrogens is 3. The Morgan fingerprint density at radius 2 is 2.16 bits per heavy atom. The van der Waals surface area contributed by atoms with Gasteiger partial charge in [-0.25, -0.2) is 0 Å². The van der Waals surface area contributed by atoms with Crippen LogP contribution in [0.4, 0.5) is 0 Å². The molecule has 2 aromatic rings. The maximum Gasteiger partial charge on any atom is 0.313 e. The quantitative estimate of drug-likeness (QED) is 0.821. The fourth-order valence-corrected chi connectivity index (χ4v) is 2.62. The van der Waals surface area contributed by atoms with E-state index in [0.717, 1.165) is 6.42 Å². The Balaban J connectivity index is 2.24. The summed E-state index contributed by atoms with van der Waals surface area (Å²) in [6, 6.07) is 10.2. The van der Waals surface area contributed by atoms with Gasteiger partial charge in [0.05, 0.1) is 11.8 Å². The van der Waals surface area contributed by atoms with Crippen molar-refractivity contribution >= 4 is 17.7 Å². The van der Waals surface area contributed by atoms with Gasteiger partial charge in [0.25, 0.3) is 0 Å². The normalized spacial score (nSPS) is 12.3. The summed E-state index contributed by atoms with van der Waals surface area (Å²) < 4.78 is 1.93. The lowest BCUT2D eigenvalue weighted by Crippen LogP contribution is -2.11. The molecule has 1 atom stereocenters. The molecule has 0 aliphatic heterocycles. The smallest absolute Gasteiger partial charge is 0.313 e. The lowest BCUT2D eigenvalue weighted by Gasteiger charge is -2.18. The van der Waals surface area contributed by atoms with Gasteiger partial charge in [-0.2, -0.15) is 0 Å². The van der Waals surface area contributed by atoms with Crippen molar-refractivity contribution < 1.29 is 9.90 Å². The molecule has 0 bridgehead atoms. The molecule has 0 aliphatic rings. The van der Waals surface area contributed by atoms with Gasteiger partial charge >= 0.3 is 5.97 Å². The Morgan fingerprint density at radius 3 is 2.79 bits per heavy atom. The summed E-state index contributed by atoms with van der Waals surface area (Å²) in [6.07, 6.45) is 2.55. The van der Waals surface area contributed by atoms with E-state index in [4.69, 9.17) is 5.11 Å². The van der Waals surface area contributed by atoms with E-state index in [-0.39, 0.29) is 11.8 Å². The van der Waals surface area contributed by atoms with Crippen molar-refractivity contribution in [2.45, 2.75) is 24.5 Å². The highest BCUT2D eigenvalue weighted by Crippen LogP contribution is 2.26. The van der Waals surface area contributed by atoms with Gasteiger partial charge in [0.15, 0.2) is 5.16 Å². The minimum Gasteiger partial charge on any atom is -0.481 e. The molecule has 0 aliphatic carbocycles. The Bertz CT molecular complexity index is 542. The van der Waals surface area contributed by atoms with Crippen molar-refractivity contribution in [3.8, 4) is 0 Å². The van der Waals surface area contributed by atoms with Crippen molar-refractivity contribution in [1.29, 1.82) is 0 Å². The van der Waals surface area contributed by atoms with Crippen LogP contribution < -0.4 is 0 Å². The molecule has 1 unspecified atom stereocenters. The summed E-state index contributed by atoms with van der Waals surface area (Å²) in [5.74, 6) is -0.864. The van der Waals surface area contributed by atoms with Gasteiger partial charge in [-0.1, -0.05) is 49.0 Å². The maximum absolute atomic E-state index is 10.6. The van der Waals surface area contributed by atoms with E-state index in [1.165, 1.54) is 17.3 Å². The molecule has 2 rings (SSSR count). The van der Waals surface area contributed by atoms with Crippen LogP contribution >= 0.6 is 11.8 Å². The van der Waals surface area contributed by atoms with Gasteiger partial charge in [0.1, 0.15) is 6.33 Å². The SMILES string of the molecule is CCC(c1ccccc1)n1cnnc1SCC(=O)O. The van der Waals surface area contributed by atoms with Gasteiger partial charge in [-0.05, 0) is 12.0 Å². The number of carboxylic acid groups (broad SMARTS) is 1. The molecule has 0 saturated carbocycles. The fraction of sp³-hybridized carbons (Fsp3) is 0.308. The third-order valence-electron chi connectivity index (χ3n) is 2.77. The Morgan fingerprint density at radius 1 is 1.42 bits per heavy atom. The van der Waals surface area contributed by atoms with E-state index < -0.39 is 5.97 Å². The van der Waals surface area contributed by atoms with E-state index in [1.54, 1.807) is 6.33 Å². The zero-order valence-corrected chi connectivity index (χ0v) is 11.4. The summed E-state index contributed by atoms with van der Waals surface area (Å²) in [4.78, 5) is 10.6. The first-order valence-corrected chi connectivity index (χ1v) is 7.00. The van der Waals surface area contributed by atoms with E-state index in [0.29, 0.717) is 5.16 Å². The summed E-state index contributed by atoms with van der Waals surface area (Å²) in [5, 5.41) is 17.3. The van der Waals surface area contributed by atoms with Crippen LogP contribution in [0.5, 0.6) is 0 Å². The van der Waals surface area contributed by atoms with Crippen LogP contribution in [0.2, 0.25) is 0 Å². The van der Waals surface area contributed by atoms with Crippen LogP contribution in [0.15, 0.2) is 41.8 Å². The molecule has 1 aromatic carbocycles. The van der Waals surface area contributed by atoms with Crippen molar-refractivity contribution in [3.05, 3.63) is 42.2 Å². The second kappa shape index (κ2) is 6.38. The molecule has 1 heterocycles. The number of hydrogen-bond donors (Lipinski definition) is 1. The Labute approximate surface area is 115 Å². The van der Waals surface area contributed by atoms with Gasteiger partial charge in [-0.3, -0.25) is 4.79 Å². The van der Waals surface area contributed by atoms with Crippen molar-refractivity contribution in [2.75, 3.05) is 5.75 Å². The molecule has 5 nitrogen and oxygen atoms in total. The van der Waals surface area contributed by atoms with Crippen molar-refractivity contribution in [2.24, 2.45) is 0 Å². The Kier molecular flexibility index (Phi) is 4.57. The first kappa shape index (κ1) is 13.6. The zero-order chi connectivity index (χ0) is 13.7. The summed E-state index contributed by atoms with van der Waals surface area (Å²) in [7, 11) is 0. The minimum absolute atomic E-state index is 0.0100. The first-order valence-electron chi connectivity index (χ1n) is 6.01. The average Bonchev–Trinajstić information content (AvgIpc) is 2.87. The van der Waals surface area contributed by atoms with Crippen molar-refractivity contribution in [3.63, 3.8) is 0 Å². The fourth-order valence-electron chi connectivity index (χ4n) is 1.94. The number of rotatable bonds is 6. The van der Waals surface area contributed by atoms with E-state index in [9.17, 15) is 4.79 Å². The third kappa shape index (κ3) is 3.35. The van der Waals surface area contributed by atoms with Crippen LogP contribution in [0, 0.1) is 0 Å². The van der Waals surface area contributed by atoms with Crippen LogP contribution in [0.1, 0.15) is 24.9 Å². The summed E-state index contributed by atoms with van der Waals surface area (Å²) in [6.45, 7) is 2.09. The topological polar surface area (TPSA) is 68.0 Å². The molecule has 0 fully saturated rings. The van der Waals surface area contributed by atoms with Crippen molar-refractivity contribution in [1.82, 2.24) is 14.8 Å². The number of hydrogen-bond acceptors (Lipinski definition) is 4. The van der Waals surface area contributed by atoms with Crippen LogP contribution in [0.3, 0.4) is 0 Å². The summed E-state index contributed by atoms with van der Waals surface area (Å²) >= 11 is 1.19. The van der Waals surface area contributed by atoms with E-state index in [1.807, 2.05) is 22.8 Å². The highest BCUT2D eigenvalue weighted by Gasteiger charge is 2.16. The third-order valence-corrected chi connectivity index (χ3v) is 3.71. The molecular weight excluding hydrogens is 262 g/mol. The summed E-state index contributed by atoms with van der Waals surface area (Å²) in [5.41, 5.74) is 1.17. The maximum atomic E-state index is 10.6. The molecule has 6 heteroatoms. The molecule has 0 saturated heterocycles. The number of nitrogens with zero attached hydrogens (tertiary/aromatic N) is 3. The second-order valence-corrected chi connectivity index (χ2v) is 4.98. The minimum atomic E-state index is -0.854. The highest BCUT2D eigenvalue weighted by molar-refractivity contribution is 7.99. The van der Waals surface area contributed by atoms with Crippen LogP contribution in [-0.4, -0.2) is 31.6 Å². The molecule has 1 aromatic heterocycles. The van der Waals surface area contributed by atoms with E-state index >= 15 is 0 Å². The molecule has 1 N–H and O–H groups in total. The van der Waals surface area contributed by atoms with Crippen LogP contribution in [0.25, 0.3) is 0 Å². The standard InChI is InChI=1S/C13H15N3O2S/c1-2-11(10-6-4-3-5-7-10)16-9-14-15-13(16)19-8-12(17)18/h3-7,9,11H,2,8H2,1H3,(H,17,18). The van der Waals surface area contributed by atoms with E-state index in [2.05, 4.69) is 29.3 Å². The number of carboxylic acids is 1. The predicted molar refractivity (Wildman–Crippen MR) is 73.3 cm³/mol. The molecule has 19 heavy (non-hydrogen) atoms. The predicted octanol–water partition coefficient (Wildman–Crippen LogP) is 2.45. The largest absolute Gasteiger partial charge is 0.481 e.